The van der Waals surface area contributed by atoms with Gasteiger partial charge in [0.2, 0.25) is 0 Å². The van der Waals surface area contributed by atoms with Gasteiger partial charge in [0.25, 0.3) is 0 Å². The zero-order valence-corrected chi connectivity index (χ0v) is 12.3. The molecular formula is C17H14N2O4. The van der Waals surface area contributed by atoms with Crippen LogP contribution in [0.25, 0.3) is 22.3 Å². The van der Waals surface area contributed by atoms with Gasteiger partial charge in [-0.1, -0.05) is 0 Å². The molecule has 0 aliphatic rings. The van der Waals surface area contributed by atoms with Crippen molar-refractivity contribution in [3.05, 3.63) is 52.7 Å². The lowest BCUT2D eigenvalue weighted by Gasteiger charge is -2.05. The van der Waals surface area contributed by atoms with Gasteiger partial charge < -0.3 is 20.4 Å². The smallest absolute Gasteiger partial charge is 0.193 e. The zero-order valence-electron chi connectivity index (χ0n) is 12.3. The lowest BCUT2D eigenvalue weighted by Crippen LogP contribution is -2.04. The number of aromatic hydroxyl groups is 2. The highest BCUT2D eigenvalue weighted by Crippen LogP contribution is 2.31. The summed E-state index contributed by atoms with van der Waals surface area (Å²) in [5.41, 5.74) is 6.75. The summed E-state index contributed by atoms with van der Waals surface area (Å²) in [5.74, 6) is 0.166. The van der Waals surface area contributed by atoms with Crippen LogP contribution in [-0.2, 0) is 0 Å². The lowest BCUT2D eigenvalue weighted by atomic mass is 10.1. The number of phenolic OH excluding ortho intramolecular Hbond substituents is 2. The van der Waals surface area contributed by atoms with Gasteiger partial charge in [-0.3, -0.25) is 4.79 Å². The van der Waals surface area contributed by atoms with Crippen molar-refractivity contribution in [1.82, 2.24) is 0 Å². The number of amidine groups is 1. The molecule has 1 heterocycles. The number of rotatable bonds is 2. The molecule has 0 amide bonds. The monoisotopic (exact) mass is 310 g/mol. The molecule has 0 spiro atoms. The molecule has 0 aliphatic heterocycles. The van der Waals surface area contributed by atoms with E-state index in [9.17, 15) is 15.0 Å². The minimum Gasteiger partial charge on any atom is -0.504 e. The average Bonchev–Trinajstić information content (AvgIpc) is 2.50. The third kappa shape index (κ3) is 2.87. The Balaban J connectivity index is 2.16. The van der Waals surface area contributed by atoms with Crippen molar-refractivity contribution < 1.29 is 14.6 Å². The SMILES string of the molecule is CC(N)=Nc1ccc2oc(-c3ccc(O)c(O)c3)cc(=O)c2c1. The zero-order chi connectivity index (χ0) is 16.6. The van der Waals surface area contributed by atoms with Gasteiger partial charge >= 0.3 is 0 Å². The molecular weight excluding hydrogens is 296 g/mol. The standard InChI is InChI=1S/C17H14N2O4/c1-9(18)19-11-3-5-16-12(7-11)14(21)8-17(23-16)10-2-4-13(20)15(22)6-10/h2-8,20,22H,1H3,(H2,18,19). The molecule has 0 fully saturated rings. The second-order valence-electron chi connectivity index (χ2n) is 5.11. The minimum atomic E-state index is -0.284. The maximum absolute atomic E-state index is 12.3. The fourth-order valence-corrected chi connectivity index (χ4v) is 2.24. The van der Waals surface area contributed by atoms with E-state index in [2.05, 4.69) is 4.99 Å². The van der Waals surface area contributed by atoms with Crippen LogP contribution in [0.15, 0.2) is 56.7 Å². The van der Waals surface area contributed by atoms with Gasteiger partial charge in [-0.2, -0.15) is 0 Å². The first-order valence-corrected chi connectivity index (χ1v) is 6.85. The number of nitrogens with two attached hydrogens (primary N) is 1. The molecule has 3 rings (SSSR count). The van der Waals surface area contributed by atoms with E-state index < -0.39 is 0 Å². The van der Waals surface area contributed by atoms with Crippen LogP contribution in [0.1, 0.15) is 6.92 Å². The Morgan fingerprint density at radius 3 is 2.57 bits per heavy atom. The second kappa shape index (κ2) is 5.49. The number of fused-ring (bicyclic) bond motifs is 1. The van der Waals surface area contributed by atoms with Crippen molar-refractivity contribution in [1.29, 1.82) is 0 Å². The summed E-state index contributed by atoms with van der Waals surface area (Å²) in [6.45, 7) is 1.66. The quantitative estimate of drug-likeness (QED) is 0.383. The highest BCUT2D eigenvalue weighted by molar-refractivity contribution is 5.85. The minimum absolute atomic E-state index is 0.236. The van der Waals surface area contributed by atoms with Crippen LogP contribution in [0.5, 0.6) is 11.5 Å². The molecule has 116 valence electrons. The van der Waals surface area contributed by atoms with Gasteiger partial charge in [-0.25, -0.2) is 4.99 Å². The first-order valence-electron chi connectivity index (χ1n) is 6.85. The van der Waals surface area contributed by atoms with Gasteiger partial charge in [0, 0.05) is 11.6 Å². The van der Waals surface area contributed by atoms with Gasteiger partial charge in [0.05, 0.1) is 16.9 Å². The predicted molar refractivity (Wildman–Crippen MR) is 88.2 cm³/mol. The van der Waals surface area contributed by atoms with Crippen LogP contribution in [0.3, 0.4) is 0 Å². The van der Waals surface area contributed by atoms with Crippen molar-refractivity contribution in [3.63, 3.8) is 0 Å². The van der Waals surface area contributed by atoms with Crippen LogP contribution >= 0.6 is 0 Å². The van der Waals surface area contributed by atoms with Crippen LogP contribution in [-0.4, -0.2) is 16.0 Å². The lowest BCUT2D eigenvalue weighted by molar-refractivity contribution is 0.404. The fourth-order valence-electron chi connectivity index (χ4n) is 2.24. The molecule has 23 heavy (non-hydrogen) atoms. The van der Waals surface area contributed by atoms with E-state index in [1.807, 2.05) is 0 Å². The fraction of sp³-hybridized carbons (Fsp3) is 0.0588. The Morgan fingerprint density at radius 1 is 1.09 bits per heavy atom. The van der Waals surface area contributed by atoms with Crippen molar-refractivity contribution in [2.75, 3.05) is 0 Å². The molecule has 1 aromatic heterocycles. The molecule has 0 aliphatic carbocycles. The molecule has 6 heteroatoms. The first-order chi connectivity index (χ1) is 10.9. The molecule has 2 aromatic carbocycles. The Labute approximate surface area is 131 Å². The summed E-state index contributed by atoms with van der Waals surface area (Å²) in [6.07, 6.45) is 0. The third-order valence-electron chi connectivity index (χ3n) is 3.28. The van der Waals surface area contributed by atoms with Crippen LogP contribution < -0.4 is 11.2 Å². The van der Waals surface area contributed by atoms with Crippen molar-refractivity contribution in [2.24, 2.45) is 10.7 Å². The molecule has 0 bridgehead atoms. The number of hydrogen-bond donors (Lipinski definition) is 3. The number of phenols is 2. The number of nitrogens with zero attached hydrogens (tertiary/aromatic N) is 1. The Kier molecular flexibility index (Phi) is 3.50. The summed E-state index contributed by atoms with van der Waals surface area (Å²) in [5, 5.41) is 19.3. The molecule has 0 atom stereocenters. The van der Waals surface area contributed by atoms with Crippen LogP contribution in [0.4, 0.5) is 5.69 Å². The van der Waals surface area contributed by atoms with Gasteiger partial charge in [-0.05, 0) is 43.3 Å². The molecule has 0 radical (unpaired) electrons. The highest BCUT2D eigenvalue weighted by atomic mass is 16.3. The van der Waals surface area contributed by atoms with Gasteiger partial charge in [0.1, 0.15) is 11.3 Å². The molecule has 4 N–H and O–H groups in total. The maximum Gasteiger partial charge on any atom is 0.193 e. The van der Waals surface area contributed by atoms with Crippen molar-refractivity contribution >= 4 is 22.5 Å². The van der Waals surface area contributed by atoms with E-state index >= 15 is 0 Å². The molecule has 3 aromatic rings. The normalized spacial score (nSPS) is 11.8. The van der Waals surface area contributed by atoms with E-state index in [0.717, 1.165) is 0 Å². The largest absolute Gasteiger partial charge is 0.504 e. The summed E-state index contributed by atoms with van der Waals surface area (Å²) >= 11 is 0. The Hall–Kier alpha value is -3.28. The first kappa shape index (κ1) is 14.6. The van der Waals surface area contributed by atoms with E-state index in [1.165, 1.54) is 18.2 Å². The topological polar surface area (TPSA) is 109 Å². The highest BCUT2D eigenvalue weighted by Gasteiger charge is 2.10. The van der Waals surface area contributed by atoms with E-state index in [4.69, 9.17) is 10.2 Å². The summed E-state index contributed by atoms with van der Waals surface area (Å²) in [6, 6.07) is 10.5. The van der Waals surface area contributed by atoms with Crippen LogP contribution in [0.2, 0.25) is 0 Å². The molecule has 6 nitrogen and oxygen atoms in total. The summed E-state index contributed by atoms with van der Waals surface area (Å²) in [7, 11) is 0. The van der Waals surface area contributed by atoms with Crippen molar-refractivity contribution in [3.8, 4) is 22.8 Å². The second-order valence-corrected chi connectivity index (χ2v) is 5.11. The van der Waals surface area contributed by atoms with E-state index in [1.54, 1.807) is 31.2 Å². The Morgan fingerprint density at radius 2 is 1.87 bits per heavy atom. The summed E-state index contributed by atoms with van der Waals surface area (Å²) < 4.78 is 5.71. The van der Waals surface area contributed by atoms with E-state index in [0.29, 0.717) is 33.8 Å². The van der Waals surface area contributed by atoms with E-state index in [-0.39, 0.29) is 16.9 Å². The molecule has 0 saturated carbocycles. The number of hydrogen-bond acceptors (Lipinski definition) is 5. The number of benzene rings is 2. The summed E-state index contributed by atoms with van der Waals surface area (Å²) in [4.78, 5) is 16.4. The van der Waals surface area contributed by atoms with Gasteiger partial charge in [-0.15, -0.1) is 0 Å². The maximum atomic E-state index is 12.3. The Bertz CT molecular complexity index is 986. The average molecular weight is 310 g/mol. The number of aliphatic imine (C=N–C) groups is 1. The third-order valence-corrected chi connectivity index (χ3v) is 3.28. The predicted octanol–water partition coefficient (Wildman–Crippen LogP) is 2.88. The molecule has 0 unspecified atom stereocenters. The van der Waals surface area contributed by atoms with Crippen LogP contribution in [0, 0.1) is 0 Å². The van der Waals surface area contributed by atoms with Gasteiger partial charge in [0.15, 0.2) is 16.9 Å². The van der Waals surface area contributed by atoms with Crippen molar-refractivity contribution in [2.45, 2.75) is 6.92 Å². The molecule has 0 saturated heterocycles.